The van der Waals surface area contributed by atoms with Crippen molar-refractivity contribution < 1.29 is 4.74 Å². The highest BCUT2D eigenvalue weighted by Gasteiger charge is 2.07. The summed E-state index contributed by atoms with van der Waals surface area (Å²) >= 11 is 0. The normalized spacial score (nSPS) is 10.9. The Labute approximate surface area is 128 Å². The summed E-state index contributed by atoms with van der Waals surface area (Å²) in [5, 5.41) is 0. The highest BCUT2D eigenvalue weighted by molar-refractivity contribution is 4.64. The van der Waals surface area contributed by atoms with Crippen LogP contribution in [0.2, 0.25) is 0 Å². The molecular formula is C19H38O. The first-order valence-electron chi connectivity index (χ1n) is 9.11. The van der Waals surface area contributed by atoms with Crippen molar-refractivity contribution in [3.05, 3.63) is 12.8 Å². The van der Waals surface area contributed by atoms with Crippen LogP contribution in [0.15, 0.2) is 12.8 Å². The predicted octanol–water partition coefficient (Wildman–Crippen LogP) is 7.02. The van der Waals surface area contributed by atoms with Gasteiger partial charge >= 0.3 is 0 Å². The molecule has 0 rings (SSSR count). The number of unbranched alkanes of at least 4 members (excludes halogenated alkanes) is 10. The third-order valence-electron chi connectivity index (χ3n) is 4.05. The van der Waals surface area contributed by atoms with Crippen molar-refractivity contribution in [1.82, 2.24) is 0 Å². The number of ether oxygens (including phenoxy) is 1. The average molecular weight is 283 g/mol. The fourth-order valence-corrected chi connectivity index (χ4v) is 2.72. The molecule has 0 bridgehead atoms. The molecule has 0 unspecified atom stereocenters. The van der Waals surface area contributed by atoms with Crippen LogP contribution in [-0.4, -0.2) is 6.10 Å². The topological polar surface area (TPSA) is 9.23 Å². The third-order valence-corrected chi connectivity index (χ3v) is 4.05. The second kappa shape index (κ2) is 16.6. The van der Waals surface area contributed by atoms with E-state index in [9.17, 15) is 0 Å². The van der Waals surface area contributed by atoms with E-state index in [-0.39, 0.29) is 0 Å². The smallest absolute Gasteiger partial charge is 0.0978 e. The van der Waals surface area contributed by atoms with Crippen molar-refractivity contribution in [1.29, 1.82) is 0 Å². The molecular weight excluding hydrogens is 244 g/mol. The summed E-state index contributed by atoms with van der Waals surface area (Å²) in [7, 11) is 0. The van der Waals surface area contributed by atoms with Crippen molar-refractivity contribution in [3.63, 3.8) is 0 Å². The second-order valence-corrected chi connectivity index (χ2v) is 6.04. The fraction of sp³-hybridized carbons (Fsp3) is 0.895. The SMILES string of the molecule is C=COC(CCCCCCCC)CCCCCCCC. The molecule has 1 nitrogen and oxygen atoms in total. The van der Waals surface area contributed by atoms with Gasteiger partial charge in [0.2, 0.25) is 0 Å². The lowest BCUT2D eigenvalue weighted by molar-refractivity contribution is 0.121. The van der Waals surface area contributed by atoms with Crippen LogP contribution in [0.5, 0.6) is 0 Å². The van der Waals surface area contributed by atoms with Gasteiger partial charge in [-0.2, -0.15) is 0 Å². The van der Waals surface area contributed by atoms with E-state index < -0.39 is 0 Å². The van der Waals surface area contributed by atoms with Gasteiger partial charge in [0.15, 0.2) is 0 Å². The van der Waals surface area contributed by atoms with Gasteiger partial charge in [-0.15, -0.1) is 0 Å². The molecule has 0 amide bonds. The summed E-state index contributed by atoms with van der Waals surface area (Å²) in [5.74, 6) is 0. The van der Waals surface area contributed by atoms with Gasteiger partial charge < -0.3 is 4.74 Å². The third kappa shape index (κ3) is 14.0. The summed E-state index contributed by atoms with van der Waals surface area (Å²) in [6.45, 7) is 8.26. The first-order chi connectivity index (χ1) is 9.85. The van der Waals surface area contributed by atoms with Crippen molar-refractivity contribution in [3.8, 4) is 0 Å². The molecule has 0 aliphatic heterocycles. The molecule has 120 valence electrons. The van der Waals surface area contributed by atoms with Crippen LogP contribution in [0.4, 0.5) is 0 Å². The minimum absolute atomic E-state index is 0.421. The summed E-state index contributed by atoms with van der Waals surface area (Å²) in [6, 6.07) is 0. The van der Waals surface area contributed by atoms with Gasteiger partial charge in [0.05, 0.1) is 12.4 Å². The van der Waals surface area contributed by atoms with E-state index in [4.69, 9.17) is 4.74 Å². The van der Waals surface area contributed by atoms with Gasteiger partial charge in [0.25, 0.3) is 0 Å². The monoisotopic (exact) mass is 282 g/mol. The van der Waals surface area contributed by atoms with E-state index in [2.05, 4.69) is 20.4 Å². The maximum atomic E-state index is 5.66. The molecule has 0 fully saturated rings. The molecule has 0 aromatic heterocycles. The zero-order valence-corrected chi connectivity index (χ0v) is 14.2. The quantitative estimate of drug-likeness (QED) is 0.218. The summed E-state index contributed by atoms with van der Waals surface area (Å²) in [5.41, 5.74) is 0. The molecule has 20 heavy (non-hydrogen) atoms. The van der Waals surface area contributed by atoms with E-state index in [1.54, 1.807) is 6.26 Å². The maximum absolute atomic E-state index is 5.66. The molecule has 0 spiro atoms. The van der Waals surface area contributed by atoms with Crippen molar-refractivity contribution >= 4 is 0 Å². The molecule has 0 heterocycles. The van der Waals surface area contributed by atoms with Crippen molar-refractivity contribution in [2.45, 2.75) is 110 Å². The zero-order chi connectivity index (χ0) is 14.9. The van der Waals surface area contributed by atoms with Crippen LogP contribution in [-0.2, 0) is 4.74 Å². The Kier molecular flexibility index (Phi) is 16.2. The summed E-state index contributed by atoms with van der Waals surface area (Å²) in [6.07, 6.45) is 20.9. The molecule has 0 aliphatic rings. The minimum atomic E-state index is 0.421. The Balaban J connectivity index is 3.47. The van der Waals surface area contributed by atoms with Crippen LogP contribution in [0.1, 0.15) is 104 Å². The molecule has 0 N–H and O–H groups in total. The molecule has 0 aliphatic carbocycles. The fourth-order valence-electron chi connectivity index (χ4n) is 2.72. The van der Waals surface area contributed by atoms with Gasteiger partial charge in [-0.3, -0.25) is 0 Å². The lowest BCUT2D eigenvalue weighted by atomic mass is 10.0. The van der Waals surface area contributed by atoms with Gasteiger partial charge in [-0.25, -0.2) is 0 Å². The lowest BCUT2D eigenvalue weighted by Gasteiger charge is -2.16. The Morgan fingerprint density at radius 1 is 0.700 bits per heavy atom. The number of hydrogen-bond acceptors (Lipinski definition) is 1. The minimum Gasteiger partial charge on any atom is -0.499 e. The van der Waals surface area contributed by atoms with E-state index in [0.717, 1.165) is 0 Å². The van der Waals surface area contributed by atoms with Gasteiger partial charge in [0, 0.05) is 0 Å². The van der Waals surface area contributed by atoms with Crippen LogP contribution in [0, 0.1) is 0 Å². The Morgan fingerprint density at radius 2 is 1.10 bits per heavy atom. The zero-order valence-electron chi connectivity index (χ0n) is 14.2. The summed E-state index contributed by atoms with van der Waals surface area (Å²) < 4.78 is 5.66. The van der Waals surface area contributed by atoms with Gasteiger partial charge in [-0.05, 0) is 25.7 Å². The molecule has 0 saturated carbocycles. The Hall–Kier alpha value is -0.460. The molecule has 0 aromatic rings. The Morgan fingerprint density at radius 3 is 1.50 bits per heavy atom. The highest BCUT2D eigenvalue weighted by atomic mass is 16.5. The first kappa shape index (κ1) is 19.5. The van der Waals surface area contributed by atoms with E-state index in [1.165, 1.54) is 89.9 Å². The van der Waals surface area contributed by atoms with Crippen molar-refractivity contribution in [2.75, 3.05) is 0 Å². The van der Waals surface area contributed by atoms with Gasteiger partial charge in [-0.1, -0.05) is 84.6 Å². The van der Waals surface area contributed by atoms with E-state index in [0.29, 0.717) is 6.10 Å². The summed E-state index contributed by atoms with van der Waals surface area (Å²) in [4.78, 5) is 0. The number of hydrogen-bond donors (Lipinski definition) is 0. The molecule has 0 atom stereocenters. The van der Waals surface area contributed by atoms with E-state index in [1.807, 2.05) is 0 Å². The average Bonchev–Trinajstić information content (AvgIpc) is 2.46. The van der Waals surface area contributed by atoms with Crippen LogP contribution in [0.25, 0.3) is 0 Å². The van der Waals surface area contributed by atoms with Crippen LogP contribution >= 0.6 is 0 Å². The maximum Gasteiger partial charge on any atom is 0.0978 e. The van der Waals surface area contributed by atoms with Gasteiger partial charge in [0.1, 0.15) is 0 Å². The Bertz CT molecular complexity index is 172. The number of rotatable bonds is 16. The van der Waals surface area contributed by atoms with E-state index >= 15 is 0 Å². The molecule has 0 radical (unpaired) electrons. The molecule has 1 heteroatoms. The predicted molar refractivity (Wildman–Crippen MR) is 91.1 cm³/mol. The largest absolute Gasteiger partial charge is 0.499 e. The van der Waals surface area contributed by atoms with Crippen molar-refractivity contribution in [2.24, 2.45) is 0 Å². The van der Waals surface area contributed by atoms with Crippen LogP contribution in [0.3, 0.4) is 0 Å². The lowest BCUT2D eigenvalue weighted by Crippen LogP contribution is -2.09. The second-order valence-electron chi connectivity index (χ2n) is 6.04. The standard InChI is InChI=1S/C19H38O/c1-4-7-9-11-13-15-17-19(20-6-3)18-16-14-12-10-8-5-2/h6,19H,3-5,7-18H2,1-2H3. The first-order valence-corrected chi connectivity index (χ1v) is 9.11. The van der Waals surface area contributed by atoms with Crippen LogP contribution < -0.4 is 0 Å². The highest BCUT2D eigenvalue weighted by Crippen LogP contribution is 2.16. The molecule has 0 aromatic carbocycles. The molecule has 0 saturated heterocycles.